The van der Waals surface area contributed by atoms with Crippen LogP contribution in [0.5, 0.6) is 5.75 Å². The van der Waals surface area contributed by atoms with E-state index in [-0.39, 0.29) is 36.6 Å². The van der Waals surface area contributed by atoms with Gasteiger partial charge in [0.2, 0.25) is 0 Å². The highest BCUT2D eigenvalue weighted by Gasteiger charge is 2.48. The Morgan fingerprint density at radius 3 is 2.53 bits per heavy atom. The summed E-state index contributed by atoms with van der Waals surface area (Å²) in [5, 5.41) is 19.8. The molecule has 2 aliphatic carbocycles. The van der Waals surface area contributed by atoms with E-state index < -0.39 is 5.97 Å². The van der Waals surface area contributed by atoms with Gasteiger partial charge < -0.3 is 24.4 Å². The molecule has 1 heterocycles. The van der Waals surface area contributed by atoms with Crippen LogP contribution in [0.25, 0.3) is 0 Å². The highest BCUT2D eigenvalue weighted by molar-refractivity contribution is 5.73. The van der Waals surface area contributed by atoms with Crippen molar-refractivity contribution in [1.29, 1.82) is 0 Å². The third-order valence-corrected chi connectivity index (χ3v) is 8.88. The summed E-state index contributed by atoms with van der Waals surface area (Å²) in [6, 6.07) is 5.89. The van der Waals surface area contributed by atoms with Gasteiger partial charge in [-0.15, -0.1) is 0 Å². The molecule has 2 N–H and O–H groups in total. The summed E-state index contributed by atoms with van der Waals surface area (Å²) in [5.41, 5.74) is 2.29. The van der Waals surface area contributed by atoms with Gasteiger partial charge in [-0.1, -0.05) is 64.0 Å². The van der Waals surface area contributed by atoms with E-state index in [4.69, 9.17) is 19.3 Å². The summed E-state index contributed by atoms with van der Waals surface area (Å²) >= 11 is 0. The summed E-state index contributed by atoms with van der Waals surface area (Å²) in [4.78, 5) is 23.8. The van der Waals surface area contributed by atoms with Crippen molar-refractivity contribution in [2.45, 2.75) is 103 Å². The zero-order valence-corrected chi connectivity index (χ0v) is 22.9. The largest absolute Gasteiger partial charge is 0.482 e. The van der Waals surface area contributed by atoms with Crippen LogP contribution in [-0.4, -0.2) is 54.2 Å². The van der Waals surface area contributed by atoms with Gasteiger partial charge in [0.15, 0.2) is 6.61 Å². The molecule has 1 saturated heterocycles. The third kappa shape index (κ3) is 7.72. The fraction of sp³-hybridized carbons (Fsp3) is 0.742. The first kappa shape index (κ1) is 28.9. The molecule has 5 atom stereocenters. The lowest BCUT2D eigenvalue weighted by atomic mass is 9.73. The molecule has 0 amide bonds. The monoisotopic (exact) mass is 530 g/mol. The minimum Gasteiger partial charge on any atom is -0.482 e. The van der Waals surface area contributed by atoms with Crippen LogP contribution in [0.4, 0.5) is 0 Å². The predicted molar refractivity (Wildman–Crippen MR) is 144 cm³/mol. The molecule has 4 rings (SSSR count). The molecule has 0 unspecified atom stereocenters. The molecule has 0 radical (unpaired) electrons. The summed E-state index contributed by atoms with van der Waals surface area (Å²) in [5.74, 6) is 0.281. The van der Waals surface area contributed by atoms with E-state index in [9.17, 15) is 14.7 Å². The van der Waals surface area contributed by atoms with Crippen LogP contribution in [0.3, 0.4) is 0 Å². The van der Waals surface area contributed by atoms with Crippen molar-refractivity contribution >= 4 is 11.9 Å². The zero-order chi connectivity index (χ0) is 26.9. The second-order valence-corrected chi connectivity index (χ2v) is 11.7. The number of ether oxygens (including phenoxy) is 3. The molecule has 1 aliphatic heterocycles. The van der Waals surface area contributed by atoms with E-state index in [0.717, 1.165) is 50.5 Å². The molecule has 1 aromatic rings. The average Bonchev–Trinajstić information content (AvgIpc) is 3.18. The number of carboxylic acids is 1. The first-order chi connectivity index (χ1) is 18.5. The van der Waals surface area contributed by atoms with Gasteiger partial charge in [0.1, 0.15) is 17.8 Å². The number of fused-ring (bicyclic) bond motifs is 2. The summed E-state index contributed by atoms with van der Waals surface area (Å²) in [7, 11) is 0. The van der Waals surface area contributed by atoms with Crippen molar-refractivity contribution in [2.24, 2.45) is 23.7 Å². The number of aliphatic hydroxyl groups excluding tert-OH is 1. The Kier molecular flexibility index (Phi) is 10.9. The molecule has 3 aliphatic rings. The van der Waals surface area contributed by atoms with Crippen molar-refractivity contribution < 1.29 is 34.0 Å². The van der Waals surface area contributed by atoms with Crippen molar-refractivity contribution in [3.05, 3.63) is 29.3 Å². The van der Waals surface area contributed by atoms with Crippen LogP contribution in [0.15, 0.2) is 18.2 Å². The normalized spacial score (nSPS) is 25.2. The van der Waals surface area contributed by atoms with Crippen molar-refractivity contribution in [3.63, 3.8) is 0 Å². The van der Waals surface area contributed by atoms with Gasteiger partial charge in [-0.2, -0.15) is 0 Å². The lowest BCUT2D eigenvalue weighted by Crippen LogP contribution is -2.39. The maximum atomic E-state index is 12.7. The Bertz CT molecular complexity index is 911. The molecule has 7 heteroatoms. The number of rotatable bonds is 16. The molecule has 1 saturated carbocycles. The Hall–Kier alpha value is -2.12. The molecule has 7 nitrogen and oxygen atoms in total. The highest BCUT2D eigenvalue weighted by atomic mass is 16.6. The fourth-order valence-corrected chi connectivity index (χ4v) is 6.67. The van der Waals surface area contributed by atoms with Crippen LogP contribution in [0.1, 0.15) is 88.7 Å². The molecular weight excluding hydrogens is 484 g/mol. The summed E-state index contributed by atoms with van der Waals surface area (Å²) in [6.45, 7) is 2.76. The van der Waals surface area contributed by atoms with Crippen molar-refractivity contribution in [3.8, 4) is 5.75 Å². The SMILES string of the molecule is CCCCCCCCC[C@H](O)CC[C@@H]1[C@H]2Cc3cccc(OCC(=O)O)c3C[C@H]2C[C@H]1OC(=O)C1COC1. The van der Waals surface area contributed by atoms with Crippen LogP contribution >= 0.6 is 0 Å². The molecule has 212 valence electrons. The zero-order valence-electron chi connectivity index (χ0n) is 22.9. The summed E-state index contributed by atoms with van der Waals surface area (Å²) in [6.07, 6.45) is 13.1. The number of aliphatic hydroxyl groups is 1. The number of unbranched alkanes of at least 4 members (excludes halogenated alkanes) is 6. The van der Waals surface area contributed by atoms with Gasteiger partial charge in [0.25, 0.3) is 0 Å². The Balaban J connectivity index is 1.36. The minimum atomic E-state index is -0.987. The van der Waals surface area contributed by atoms with Gasteiger partial charge >= 0.3 is 11.9 Å². The van der Waals surface area contributed by atoms with E-state index >= 15 is 0 Å². The third-order valence-electron chi connectivity index (χ3n) is 8.88. The Morgan fingerprint density at radius 1 is 1.05 bits per heavy atom. The number of carbonyl (C=O) groups excluding carboxylic acids is 1. The molecule has 0 aromatic heterocycles. The number of benzene rings is 1. The van der Waals surface area contributed by atoms with Gasteiger partial charge in [-0.05, 0) is 73.5 Å². The Labute approximate surface area is 227 Å². The first-order valence-electron chi connectivity index (χ1n) is 14.9. The number of hydrogen-bond donors (Lipinski definition) is 2. The molecule has 1 aromatic carbocycles. The number of carbonyl (C=O) groups is 2. The standard InChI is InChI=1S/C31H46O7/c1-2-3-4-5-6-7-8-11-24(32)13-14-25-26-15-21-10-9-12-28(37-20-30(33)34)27(21)16-22(26)17-29(25)38-31(35)23-18-36-19-23/h9-10,12,22-26,29,32H,2-8,11,13-20H2,1H3,(H,33,34)/t22-,24-,25+,26-,29+/m0/s1. The van der Waals surface area contributed by atoms with E-state index in [1.807, 2.05) is 12.1 Å². The van der Waals surface area contributed by atoms with Crippen LogP contribution in [0.2, 0.25) is 0 Å². The number of carboxylic acid groups (broad SMARTS) is 1. The number of hydrogen-bond acceptors (Lipinski definition) is 6. The lowest BCUT2D eigenvalue weighted by Gasteiger charge is -2.33. The molecule has 0 bridgehead atoms. The fourth-order valence-electron chi connectivity index (χ4n) is 6.67. The van der Waals surface area contributed by atoms with Gasteiger partial charge in [-0.3, -0.25) is 4.79 Å². The van der Waals surface area contributed by atoms with E-state index in [2.05, 4.69) is 13.0 Å². The highest BCUT2D eigenvalue weighted by Crippen LogP contribution is 2.49. The Morgan fingerprint density at radius 2 is 1.82 bits per heavy atom. The minimum absolute atomic E-state index is 0.151. The topological polar surface area (TPSA) is 102 Å². The second kappa shape index (κ2) is 14.3. The van der Waals surface area contributed by atoms with Crippen LogP contribution in [-0.2, 0) is 31.9 Å². The number of esters is 1. The quantitative estimate of drug-likeness (QED) is 0.220. The van der Waals surface area contributed by atoms with Gasteiger partial charge in [-0.25, -0.2) is 4.79 Å². The lowest BCUT2D eigenvalue weighted by molar-refractivity contribution is -0.171. The van der Waals surface area contributed by atoms with E-state index in [1.165, 1.54) is 44.1 Å². The summed E-state index contributed by atoms with van der Waals surface area (Å²) < 4.78 is 16.9. The van der Waals surface area contributed by atoms with Crippen LogP contribution < -0.4 is 4.74 Å². The average molecular weight is 531 g/mol. The molecule has 38 heavy (non-hydrogen) atoms. The maximum absolute atomic E-state index is 12.7. The van der Waals surface area contributed by atoms with Crippen molar-refractivity contribution in [1.82, 2.24) is 0 Å². The molecule has 2 fully saturated rings. The van der Waals surface area contributed by atoms with Gasteiger partial charge in [0.05, 0.1) is 19.3 Å². The first-order valence-corrected chi connectivity index (χ1v) is 14.9. The maximum Gasteiger partial charge on any atom is 0.341 e. The number of aliphatic carboxylic acids is 1. The van der Waals surface area contributed by atoms with Gasteiger partial charge in [0, 0.05) is 0 Å². The smallest absolute Gasteiger partial charge is 0.341 e. The van der Waals surface area contributed by atoms with Crippen molar-refractivity contribution in [2.75, 3.05) is 19.8 Å². The second-order valence-electron chi connectivity index (χ2n) is 11.7. The van der Waals surface area contributed by atoms with E-state index in [0.29, 0.717) is 30.8 Å². The molecule has 0 spiro atoms. The molecular formula is C31H46O7. The predicted octanol–water partition coefficient (Wildman–Crippen LogP) is 5.34. The van der Waals surface area contributed by atoms with Crippen LogP contribution in [0, 0.1) is 23.7 Å². The van der Waals surface area contributed by atoms with E-state index in [1.54, 1.807) is 0 Å².